The van der Waals surface area contributed by atoms with E-state index in [9.17, 15) is 69.6 Å². The van der Waals surface area contributed by atoms with Gasteiger partial charge in [-0.2, -0.15) is 0 Å². The van der Waals surface area contributed by atoms with Crippen molar-refractivity contribution in [3.63, 3.8) is 0 Å². The quantitative estimate of drug-likeness (QED) is 0.118. The first-order valence-electron chi connectivity index (χ1n) is 20.0. The third-order valence-electron chi connectivity index (χ3n) is 13.2. The Morgan fingerprint density at radius 3 is 1.32 bits per heavy atom. The summed E-state index contributed by atoms with van der Waals surface area (Å²) in [5.74, 6) is -1.84. The van der Waals surface area contributed by atoms with E-state index in [2.05, 4.69) is 23.7 Å². The molecule has 0 spiro atoms. The van der Waals surface area contributed by atoms with Crippen molar-refractivity contribution in [2.24, 2.45) is 35.1 Å². The Labute approximate surface area is 352 Å². The van der Waals surface area contributed by atoms with Crippen molar-refractivity contribution >= 4 is 34.9 Å². The molecule has 0 heterocycles. The van der Waals surface area contributed by atoms with Crippen LogP contribution in [-0.2, 0) is 32.0 Å². The number of hydrogen-bond donors (Lipinski definition) is 10. The Morgan fingerprint density at radius 1 is 0.597 bits per heavy atom. The van der Waals surface area contributed by atoms with Crippen LogP contribution in [0, 0.1) is 47.4 Å². The van der Waals surface area contributed by atoms with Gasteiger partial charge in [0.1, 0.15) is 45.7 Å². The number of aliphatic hydroxyl groups is 6. The summed E-state index contributed by atoms with van der Waals surface area (Å²) in [7, 11) is 0. The molecule has 2 amide bonds. The Balaban J connectivity index is 0.953. The molecule has 0 unspecified atom stereocenters. The van der Waals surface area contributed by atoms with Crippen LogP contribution in [-0.4, -0.2) is 87.0 Å². The summed E-state index contributed by atoms with van der Waals surface area (Å²) in [6.07, 6.45) is 1.65. The first-order valence-corrected chi connectivity index (χ1v) is 20.0. The summed E-state index contributed by atoms with van der Waals surface area (Å²) in [4.78, 5) is 77.8. The predicted octanol–water partition coefficient (Wildman–Crippen LogP) is 2.44. The molecule has 0 radical (unpaired) electrons. The van der Waals surface area contributed by atoms with Crippen LogP contribution < -0.4 is 11.5 Å². The van der Waals surface area contributed by atoms with Gasteiger partial charge in [-0.1, -0.05) is 23.7 Å². The second kappa shape index (κ2) is 14.8. The number of aliphatic hydroxyl groups excluding tert-OH is 4. The number of rotatable bonds is 5. The smallest absolute Gasteiger partial charge is 0.255 e. The van der Waals surface area contributed by atoms with Crippen molar-refractivity contribution in [2.45, 2.75) is 75.4 Å². The van der Waals surface area contributed by atoms with Gasteiger partial charge < -0.3 is 52.3 Å². The molecule has 0 saturated carbocycles. The lowest BCUT2D eigenvalue weighted by Crippen LogP contribution is -2.57. The molecule has 6 aliphatic carbocycles. The maximum Gasteiger partial charge on any atom is 0.255 e. The SMILES string of the molecule is NC(=O)C1=C(O)C[C@@H]2C[C@@H]3Cc4c(C#CCCCCC#Cc5ccc(O)c6c5C[C@@H]5C[C@@H]7CC(O)=C(C(N)=O)C(=O)[C@@]7(O)C(O)=C5C6=O)ccc(O)c4C(=O)C3=C(O)[C@]2(O)C1=O. The van der Waals surface area contributed by atoms with E-state index in [4.69, 9.17) is 11.5 Å². The minimum Gasteiger partial charge on any atom is -0.511 e. The largest absolute Gasteiger partial charge is 0.511 e. The zero-order valence-electron chi connectivity index (χ0n) is 32.9. The van der Waals surface area contributed by atoms with E-state index >= 15 is 0 Å². The molecule has 0 aromatic heterocycles. The zero-order chi connectivity index (χ0) is 44.7. The summed E-state index contributed by atoms with van der Waals surface area (Å²) in [6, 6.07) is 5.71. The van der Waals surface area contributed by atoms with Crippen molar-refractivity contribution in [1.82, 2.24) is 0 Å². The van der Waals surface area contributed by atoms with E-state index in [0.717, 1.165) is 0 Å². The number of primary amides is 2. The van der Waals surface area contributed by atoms with E-state index < -0.39 is 104 Å². The van der Waals surface area contributed by atoms with Crippen LogP contribution in [0.15, 0.2) is 69.6 Å². The topological polar surface area (TPSA) is 316 Å². The average molecular weight is 845 g/mol. The summed E-state index contributed by atoms with van der Waals surface area (Å²) in [5, 5.41) is 87.7. The standard InChI is InChI=1S/C46H40N2O14/c47-43(59)35-29(51)17-23-13-21-15-25-19(9-11-27(49)33(25)37(53)31(21)39(55)45(23,61)41(35)57)7-5-3-1-2-4-6-8-20-10-12-28(50)34-26(20)16-22-14-24-18-30(52)36(44(48)60)42(58)46(24,62)40(56)32(22)38(34)54/h9-12,21-24,49-52,55-56,61-62H,1-4,13-18H2,(H2,47,59)(H2,48,60)/t21-,22+,23+,24-,45-,46-/m0/s1. The molecular formula is C46H40N2O14. The highest BCUT2D eigenvalue weighted by molar-refractivity contribution is 6.25. The van der Waals surface area contributed by atoms with Crippen LogP contribution in [0.3, 0.4) is 0 Å². The number of unbranched alkanes of at least 4 members (excludes halogenated alkanes) is 3. The molecule has 318 valence electrons. The van der Waals surface area contributed by atoms with Crippen molar-refractivity contribution in [3.05, 3.63) is 103 Å². The van der Waals surface area contributed by atoms with Crippen LogP contribution in [0.2, 0.25) is 0 Å². The number of carbonyl (C=O) groups excluding carboxylic acids is 6. The van der Waals surface area contributed by atoms with E-state index in [0.29, 0.717) is 47.9 Å². The van der Waals surface area contributed by atoms with Gasteiger partial charge in [-0.05, 0) is 85.8 Å². The van der Waals surface area contributed by atoms with Crippen molar-refractivity contribution in [3.8, 4) is 35.2 Å². The molecule has 16 heteroatoms. The maximum atomic E-state index is 13.8. The Bertz CT molecular complexity index is 2580. The average Bonchev–Trinajstić information content (AvgIpc) is 3.19. The van der Waals surface area contributed by atoms with E-state index in [-0.39, 0.29) is 72.3 Å². The van der Waals surface area contributed by atoms with Crippen LogP contribution in [0.25, 0.3) is 0 Å². The number of phenols is 2. The highest BCUT2D eigenvalue weighted by Crippen LogP contribution is 2.53. The lowest BCUT2D eigenvalue weighted by molar-refractivity contribution is -0.145. The van der Waals surface area contributed by atoms with Crippen LogP contribution >= 0.6 is 0 Å². The lowest BCUT2D eigenvalue weighted by Gasteiger charge is -2.45. The highest BCUT2D eigenvalue weighted by atomic mass is 16.4. The highest BCUT2D eigenvalue weighted by Gasteiger charge is 2.61. The molecule has 6 aliphatic rings. The normalized spacial score (nSPS) is 27.5. The van der Waals surface area contributed by atoms with Gasteiger partial charge in [0, 0.05) is 59.8 Å². The molecule has 62 heavy (non-hydrogen) atoms. The van der Waals surface area contributed by atoms with Crippen molar-refractivity contribution in [1.29, 1.82) is 0 Å². The number of nitrogens with two attached hydrogens (primary N) is 2. The number of Topliss-reactive ketones (excluding diaryl/α,β-unsaturated/α-hetero) is 4. The lowest BCUT2D eigenvalue weighted by atomic mass is 9.60. The fourth-order valence-electron chi connectivity index (χ4n) is 10.2. The molecule has 2 aromatic rings. The number of aromatic hydroxyl groups is 2. The summed E-state index contributed by atoms with van der Waals surface area (Å²) in [6.45, 7) is 0. The van der Waals surface area contributed by atoms with Gasteiger partial charge in [-0.3, -0.25) is 28.8 Å². The maximum absolute atomic E-state index is 13.8. The number of hydrogen-bond acceptors (Lipinski definition) is 14. The monoisotopic (exact) mass is 844 g/mol. The van der Waals surface area contributed by atoms with Crippen molar-refractivity contribution in [2.75, 3.05) is 0 Å². The summed E-state index contributed by atoms with van der Waals surface area (Å²) < 4.78 is 0. The van der Waals surface area contributed by atoms with Crippen molar-refractivity contribution < 1.29 is 69.6 Å². The molecule has 0 saturated heterocycles. The number of allylic oxidation sites excluding steroid dienone is 4. The summed E-state index contributed by atoms with van der Waals surface area (Å²) in [5.41, 5.74) is 4.51. The Hall–Kier alpha value is -7.14. The van der Waals surface area contributed by atoms with Gasteiger partial charge >= 0.3 is 0 Å². The second-order valence-corrected chi connectivity index (χ2v) is 16.6. The van der Waals surface area contributed by atoms with Crippen LogP contribution in [0.5, 0.6) is 11.5 Å². The number of ketones is 4. The third kappa shape index (κ3) is 6.01. The second-order valence-electron chi connectivity index (χ2n) is 16.6. The Kier molecular flexibility index (Phi) is 9.92. The fourth-order valence-corrected chi connectivity index (χ4v) is 10.2. The minimum atomic E-state index is -2.66. The van der Waals surface area contributed by atoms with E-state index in [1.54, 1.807) is 12.1 Å². The zero-order valence-corrected chi connectivity index (χ0v) is 32.9. The molecule has 12 N–H and O–H groups in total. The van der Waals surface area contributed by atoms with Gasteiger partial charge in [0.15, 0.2) is 22.8 Å². The molecule has 0 fully saturated rings. The van der Waals surface area contributed by atoms with E-state index in [1.165, 1.54) is 12.1 Å². The molecule has 16 nitrogen and oxygen atoms in total. The Morgan fingerprint density at radius 2 is 0.968 bits per heavy atom. The summed E-state index contributed by atoms with van der Waals surface area (Å²) >= 11 is 0. The first kappa shape index (κ1) is 41.6. The molecule has 0 aliphatic heterocycles. The molecular weight excluding hydrogens is 805 g/mol. The number of carbonyl (C=O) groups is 6. The van der Waals surface area contributed by atoms with E-state index in [1.807, 2.05) is 0 Å². The number of amides is 2. The minimum absolute atomic E-state index is 0.00541. The third-order valence-corrected chi connectivity index (χ3v) is 13.2. The molecule has 0 bridgehead atoms. The molecule has 8 rings (SSSR count). The number of phenolic OH excluding ortho intramolecular Hbond substituents is 2. The predicted molar refractivity (Wildman–Crippen MR) is 214 cm³/mol. The van der Waals surface area contributed by atoms with Gasteiger partial charge in [0.25, 0.3) is 11.8 Å². The van der Waals surface area contributed by atoms with Gasteiger partial charge in [-0.25, -0.2) is 0 Å². The van der Waals surface area contributed by atoms with Gasteiger partial charge in [0.05, 0.1) is 11.1 Å². The number of fused-ring (bicyclic) bond motifs is 6. The first-order chi connectivity index (χ1) is 29.3. The van der Waals surface area contributed by atoms with Crippen LogP contribution in [0.4, 0.5) is 0 Å². The molecule has 6 atom stereocenters. The van der Waals surface area contributed by atoms with Gasteiger partial charge in [0.2, 0.25) is 11.6 Å². The molecule has 2 aromatic carbocycles. The number of benzene rings is 2. The van der Waals surface area contributed by atoms with Crippen LogP contribution in [0.1, 0.15) is 94.3 Å². The fraction of sp³-hybridized carbons (Fsp3) is 0.348. The van der Waals surface area contributed by atoms with Gasteiger partial charge in [-0.15, -0.1) is 0 Å².